The number of benzene rings is 2. The van der Waals surface area contributed by atoms with E-state index in [1.165, 1.54) is 10.5 Å². The highest BCUT2D eigenvalue weighted by Crippen LogP contribution is 2.36. The lowest BCUT2D eigenvalue weighted by atomic mass is 9.83. The zero-order valence-electron chi connectivity index (χ0n) is 19.3. The van der Waals surface area contributed by atoms with Gasteiger partial charge < -0.3 is 14.7 Å². The van der Waals surface area contributed by atoms with Gasteiger partial charge in [-0.2, -0.15) is 0 Å². The van der Waals surface area contributed by atoms with E-state index in [0.29, 0.717) is 31.4 Å². The fourth-order valence-electron chi connectivity index (χ4n) is 5.22. The Bertz CT molecular complexity index is 1120. The third-order valence-corrected chi connectivity index (χ3v) is 7.31. The average Bonchev–Trinajstić information content (AvgIpc) is 3.17. The van der Waals surface area contributed by atoms with Crippen LogP contribution >= 0.6 is 0 Å². The minimum atomic E-state index is -0.948. The van der Waals surface area contributed by atoms with E-state index in [4.69, 9.17) is 4.74 Å². The van der Waals surface area contributed by atoms with Crippen molar-refractivity contribution in [2.45, 2.75) is 50.4 Å². The van der Waals surface area contributed by atoms with E-state index in [2.05, 4.69) is 22.3 Å². The number of rotatable bonds is 5. The Hall–Kier alpha value is -3.23. The predicted molar refractivity (Wildman–Crippen MR) is 124 cm³/mol. The van der Waals surface area contributed by atoms with Crippen molar-refractivity contribution in [2.75, 3.05) is 20.2 Å². The lowest BCUT2D eigenvalue weighted by molar-refractivity contribution is -0.136. The zero-order valence-corrected chi connectivity index (χ0v) is 19.3. The number of nitrogens with zero attached hydrogens (tertiary/aromatic N) is 2. The number of hydrogen-bond acceptors (Lipinski definition) is 6. The molecule has 2 aromatic rings. The van der Waals surface area contributed by atoms with E-state index >= 15 is 0 Å². The molecule has 2 saturated heterocycles. The van der Waals surface area contributed by atoms with Crippen molar-refractivity contribution in [1.82, 2.24) is 15.1 Å². The Labute approximate surface area is 198 Å². The number of carbonyl (C=O) groups is 3. The van der Waals surface area contributed by atoms with Gasteiger partial charge in [0.25, 0.3) is 5.91 Å². The van der Waals surface area contributed by atoms with E-state index in [0.717, 1.165) is 36.5 Å². The topological polar surface area (TPSA) is 99.2 Å². The highest BCUT2D eigenvalue weighted by molar-refractivity contribution is 6.05. The molecule has 0 saturated carbocycles. The summed E-state index contributed by atoms with van der Waals surface area (Å²) in [5.41, 5.74) is 2.45. The molecule has 0 aromatic heterocycles. The summed E-state index contributed by atoms with van der Waals surface area (Å²) in [5.74, 6) is -0.0749. The fraction of sp³-hybridized carbons (Fsp3) is 0.423. The van der Waals surface area contributed by atoms with Gasteiger partial charge in [0.2, 0.25) is 11.8 Å². The van der Waals surface area contributed by atoms with E-state index < -0.39 is 17.6 Å². The van der Waals surface area contributed by atoms with Gasteiger partial charge in [-0.3, -0.25) is 24.6 Å². The van der Waals surface area contributed by atoms with Gasteiger partial charge in [-0.05, 0) is 54.2 Å². The van der Waals surface area contributed by atoms with Crippen molar-refractivity contribution in [2.24, 2.45) is 0 Å². The lowest BCUT2D eigenvalue weighted by Gasteiger charge is -2.38. The molecule has 0 bridgehead atoms. The predicted octanol–water partition coefficient (Wildman–Crippen LogP) is 1.94. The van der Waals surface area contributed by atoms with Crippen LogP contribution in [0.1, 0.15) is 52.7 Å². The van der Waals surface area contributed by atoms with Gasteiger partial charge in [0.05, 0.1) is 12.7 Å². The van der Waals surface area contributed by atoms with Gasteiger partial charge in [0.1, 0.15) is 11.8 Å². The maximum atomic E-state index is 12.9. The van der Waals surface area contributed by atoms with Crippen LogP contribution in [0, 0.1) is 0 Å². The molecule has 0 radical (unpaired) electrons. The number of methoxy groups -OCH3 is 1. The molecule has 1 atom stereocenters. The van der Waals surface area contributed by atoms with Crippen LogP contribution in [0.15, 0.2) is 42.5 Å². The first-order chi connectivity index (χ1) is 16.4. The van der Waals surface area contributed by atoms with Crippen LogP contribution in [0.3, 0.4) is 0 Å². The SMILES string of the molecule is COc1ccc(CN2CCC(O)(c3ccc4c(c3)CN(C3CCC(=O)NC3=O)C4=O)CC2)cc1. The van der Waals surface area contributed by atoms with Crippen LogP contribution in [0.25, 0.3) is 0 Å². The van der Waals surface area contributed by atoms with Gasteiger partial charge in [0, 0.05) is 38.2 Å². The Balaban J connectivity index is 1.25. The molecule has 34 heavy (non-hydrogen) atoms. The van der Waals surface area contributed by atoms with E-state index in [1.807, 2.05) is 24.3 Å². The number of carbonyl (C=O) groups excluding carboxylic acids is 3. The van der Waals surface area contributed by atoms with Crippen molar-refractivity contribution < 1.29 is 24.2 Å². The molecule has 1 unspecified atom stereocenters. The Morgan fingerprint density at radius 3 is 2.50 bits per heavy atom. The Morgan fingerprint density at radius 1 is 1.09 bits per heavy atom. The van der Waals surface area contributed by atoms with Gasteiger partial charge in [-0.15, -0.1) is 0 Å². The second kappa shape index (κ2) is 8.85. The smallest absolute Gasteiger partial charge is 0.255 e. The first kappa shape index (κ1) is 22.6. The van der Waals surface area contributed by atoms with Crippen molar-refractivity contribution in [1.29, 1.82) is 0 Å². The fourth-order valence-corrected chi connectivity index (χ4v) is 5.22. The molecule has 3 aliphatic heterocycles. The van der Waals surface area contributed by atoms with Crippen molar-refractivity contribution in [3.63, 3.8) is 0 Å². The van der Waals surface area contributed by atoms with Crippen LogP contribution in [0.2, 0.25) is 0 Å². The largest absolute Gasteiger partial charge is 0.497 e. The second-order valence-electron chi connectivity index (χ2n) is 9.43. The number of aliphatic hydroxyl groups is 1. The van der Waals surface area contributed by atoms with Crippen LogP contribution in [0.4, 0.5) is 0 Å². The van der Waals surface area contributed by atoms with E-state index in [1.54, 1.807) is 13.2 Å². The molecule has 178 valence electrons. The second-order valence-corrected chi connectivity index (χ2v) is 9.43. The van der Waals surface area contributed by atoms with Crippen molar-refractivity contribution in [3.05, 3.63) is 64.7 Å². The maximum absolute atomic E-state index is 12.9. The summed E-state index contributed by atoms with van der Waals surface area (Å²) in [5, 5.41) is 13.8. The number of amides is 3. The van der Waals surface area contributed by atoms with Crippen molar-refractivity contribution in [3.8, 4) is 5.75 Å². The molecule has 8 heteroatoms. The number of piperidine rings is 2. The molecule has 2 aromatic carbocycles. The molecule has 3 aliphatic rings. The summed E-state index contributed by atoms with van der Waals surface area (Å²) in [6, 6.07) is 12.9. The normalized spacial score (nSPS) is 22.5. The number of hydrogen-bond donors (Lipinski definition) is 2. The summed E-state index contributed by atoms with van der Waals surface area (Å²) in [4.78, 5) is 40.5. The standard InChI is InChI=1S/C26H29N3O5/c1-34-20-5-2-17(3-6-20)15-28-12-10-26(33,11-13-28)19-4-7-21-18(14-19)16-29(25(21)32)22-8-9-23(30)27-24(22)31/h2-7,14,22,33H,8-13,15-16H2,1H3,(H,27,30,31). The molecule has 3 amide bonds. The molecule has 8 nitrogen and oxygen atoms in total. The molecule has 2 N–H and O–H groups in total. The molecule has 3 heterocycles. The molecule has 5 rings (SSSR count). The molecule has 0 spiro atoms. The van der Waals surface area contributed by atoms with E-state index in [-0.39, 0.29) is 18.2 Å². The third-order valence-electron chi connectivity index (χ3n) is 7.31. The number of imide groups is 1. The molecule has 2 fully saturated rings. The number of fused-ring (bicyclic) bond motifs is 1. The molecule has 0 aliphatic carbocycles. The summed E-state index contributed by atoms with van der Waals surface area (Å²) in [6.45, 7) is 2.66. The summed E-state index contributed by atoms with van der Waals surface area (Å²) in [7, 11) is 1.65. The van der Waals surface area contributed by atoms with Crippen molar-refractivity contribution >= 4 is 17.7 Å². The maximum Gasteiger partial charge on any atom is 0.255 e. The highest BCUT2D eigenvalue weighted by atomic mass is 16.5. The van der Waals surface area contributed by atoms with Gasteiger partial charge in [0.15, 0.2) is 0 Å². The monoisotopic (exact) mass is 463 g/mol. The Morgan fingerprint density at radius 2 is 1.82 bits per heavy atom. The minimum Gasteiger partial charge on any atom is -0.497 e. The summed E-state index contributed by atoms with van der Waals surface area (Å²) >= 11 is 0. The molecular weight excluding hydrogens is 434 g/mol. The third kappa shape index (κ3) is 4.19. The van der Waals surface area contributed by atoms with Crippen LogP contribution in [-0.2, 0) is 28.3 Å². The van der Waals surface area contributed by atoms with Crippen LogP contribution in [0.5, 0.6) is 5.75 Å². The van der Waals surface area contributed by atoms with Crippen LogP contribution < -0.4 is 10.1 Å². The Kier molecular flexibility index (Phi) is 5.87. The summed E-state index contributed by atoms with van der Waals surface area (Å²) in [6.07, 6.45) is 1.78. The average molecular weight is 464 g/mol. The quantitative estimate of drug-likeness (QED) is 0.658. The first-order valence-corrected chi connectivity index (χ1v) is 11.7. The first-order valence-electron chi connectivity index (χ1n) is 11.7. The number of nitrogens with one attached hydrogen (secondary N) is 1. The minimum absolute atomic E-state index is 0.197. The molecular formula is C26H29N3O5. The zero-order chi connectivity index (χ0) is 23.9. The van der Waals surface area contributed by atoms with E-state index in [9.17, 15) is 19.5 Å². The van der Waals surface area contributed by atoms with Gasteiger partial charge in [-0.1, -0.05) is 24.3 Å². The highest BCUT2D eigenvalue weighted by Gasteiger charge is 2.40. The van der Waals surface area contributed by atoms with Gasteiger partial charge >= 0.3 is 0 Å². The number of likely N-dealkylation sites (tertiary alicyclic amines) is 1. The summed E-state index contributed by atoms with van der Waals surface area (Å²) < 4.78 is 5.22. The lowest BCUT2D eigenvalue weighted by Crippen LogP contribution is -2.52. The van der Waals surface area contributed by atoms with Crippen LogP contribution in [-0.4, -0.2) is 58.9 Å². The van der Waals surface area contributed by atoms with Gasteiger partial charge in [-0.25, -0.2) is 0 Å². The number of ether oxygens (including phenoxy) is 1.